The molecule has 0 spiro atoms. The minimum Gasteiger partial charge on any atom is -0.444 e. The molecule has 2 aromatic carbocycles. The third kappa shape index (κ3) is 7.07. The Morgan fingerprint density at radius 3 is 1.97 bits per heavy atom. The number of hydrogen-bond acceptors (Lipinski definition) is 4. The standard InChI is InChI=1S/C27H37N3O4/c1-16-13-17(2)15-21(14-16)23(24(31)29-22-18(3)11-10-12-19(22)4)30(9)25(32)20(5)28-26(33)34-27(6,7)8/h10-15,20,23H,1-9H3,(H,28,33)(H,29,31). The number of hydrogen-bond donors (Lipinski definition) is 2. The molecular formula is C27H37N3O4. The number of likely N-dealkylation sites (N-methyl/N-ethyl adjacent to an activating group) is 1. The second kappa shape index (κ2) is 10.7. The van der Waals surface area contributed by atoms with Gasteiger partial charge in [0.25, 0.3) is 5.91 Å². The number of ether oxygens (including phenoxy) is 1. The third-order valence-electron chi connectivity index (χ3n) is 5.38. The first-order chi connectivity index (χ1) is 15.7. The molecular weight excluding hydrogens is 430 g/mol. The largest absolute Gasteiger partial charge is 0.444 e. The highest BCUT2D eigenvalue weighted by molar-refractivity contribution is 5.99. The van der Waals surface area contributed by atoms with Crippen molar-refractivity contribution in [2.75, 3.05) is 12.4 Å². The molecule has 0 radical (unpaired) electrons. The van der Waals surface area contributed by atoms with E-state index in [0.717, 1.165) is 27.9 Å². The number of nitrogens with one attached hydrogen (secondary N) is 2. The van der Waals surface area contributed by atoms with E-state index in [1.54, 1.807) is 34.7 Å². The van der Waals surface area contributed by atoms with Gasteiger partial charge in [-0.05, 0) is 72.1 Å². The van der Waals surface area contributed by atoms with Gasteiger partial charge in [0.15, 0.2) is 0 Å². The van der Waals surface area contributed by atoms with E-state index in [0.29, 0.717) is 5.56 Å². The van der Waals surface area contributed by atoms with Gasteiger partial charge >= 0.3 is 6.09 Å². The molecule has 0 aliphatic heterocycles. The first kappa shape index (κ1) is 26.9. The van der Waals surface area contributed by atoms with Crippen LogP contribution in [-0.2, 0) is 14.3 Å². The Morgan fingerprint density at radius 1 is 0.941 bits per heavy atom. The minimum atomic E-state index is -0.895. The van der Waals surface area contributed by atoms with Gasteiger partial charge in [-0.2, -0.15) is 0 Å². The monoisotopic (exact) mass is 467 g/mol. The molecule has 7 nitrogen and oxygen atoms in total. The lowest BCUT2D eigenvalue weighted by Gasteiger charge is -2.31. The van der Waals surface area contributed by atoms with Crippen LogP contribution < -0.4 is 10.6 Å². The molecule has 0 saturated carbocycles. The SMILES string of the molecule is Cc1cc(C)cc(C(C(=O)Nc2c(C)cccc2C)N(C)C(=O)C(C)NC(=O)OC(C)(C)C)c1. The summed E-state index contributed by atoms with van der Waals surface area (Å²) in [5, 5.41) is 5.59. The summed E-state index contributed by atoms with van der Waals surface area (Å²) in [5.41, 5.74) is 4.57. The van der Waals surface area contributed by atoms with Crippen LogP contribution in [0, 0.1) is 27.7 Å². The molecule has 34 heavy (non-hydrogen) atoms. The van der Waals surface area contributed by atoms with Crippen LogP contribution in [0.2, 0.25) is 0 Å². The molecule has 0 aliphatic rings. The maximum atomic E-state index is 13.6. The van der Waals surface area contributed by atoms with Crippen molar-refractivity contribution < 1.29 is 19.1 Å². The molecule has 0 fully saturated rings. The van der Waals surface area contributed by atoms with Crippen LogP contribution >= 0.6 is 0 Å². The Morgan fingerprint density at radius 2 is 1.47 bits per heavy atom. The topological polar surface area (TPSA) is 87.7 Å². The highest BCUT2D eigenvalue weighted by atomic mass is 16.6. The Labute approximate surface area is 202 Å². The summed E-state index contributed by atoms with van der Waals surface area (Å²) in [6.07, 6.45) is -0.690. The zero-order valence-corrected chi connectivity index (χ0v) is 21.7. The molecule has 2 atom stereocenters. The summed E-state index contributed by atoms with van der Waals surface area (Å²) in [5.74, 6) is -0.741. The number of aryl methyl sites for hydroxylation is 4. The summed E-state index contributed by atoms with van der Waals surface area (Å²) in [6.45, 7) is 14.6. The normalized spacial score (nSPS) is 13.0. The predicted molar refractivity (Wildman–Crippen MR) is 135 cm³/mol. The summed E-state index contributed by atoms with van der Waals surface area (Å²) in [4.78, 5) is 40.5. The van der Waals surface area contributed by atoms with Crippen LogP contribution in [-0.4, -0.2) is 41.5 Å². The van der Waals surface area contributed by atoms with Crippen molar-refractivity contribution in [1.82, 2.24) is 10.2 Å². The van der Waals surface area contributed by atoms with Gasteiger partial charge in [-0.25, -0.2) is 4.79 Å². The summed E-state index contributed by atoms with van der Waals surface area (Å²) in [7, 11) is 1.57. The van der Waals surface area contributed by atoms with Gasteiger partial charge in [-0.3, -0.25) is 9.59 Å². The average molecular weight is 468 g/mol. The van der Waals surface area contributed by atoms with Gasteiger partial charge in [0.2, 0.25) is 5.91 Å². The van der Waals surface area contributed by atoms with Crippen molar-refractivity contribution >= 4 is 23.6 Å². The van der Waals surface area contributed by atoms with Gasteiger partial charge in [-0.15, -0.1) is 0 Å². The van der Waals surface area contributed by atoms with Crippen molar-refractivity contribution in [3.05, 3.63) is 64.2 Å². The molecule has 3 amide bonds. The lowest BCUT2D eigenvalue weighted by atomic mass is 9.98. The van der Waals surface area contributed by atoms with Gasteiger partial charge in [0.05, 0.1) is 0 Å². The molecule has 0 saturated heterocycles. The molecule has 0 aromatic heterocycles. The lowest BCUT2D eigenvalue weighted by molar-refractivity contribution is -0.138. The van der Waals surface area contributed by atoms with E-state index in [2.05, 4.69) is 10.6 Å². The average Bonchev–Trinajstić information content (AvgIpc) is 2.68. The molecule has 2 unspecified atom stereocenters. The van der Waals surface area contributed by atoms with Gasteiger partial charge in [0.1, 0.15) is 17.7 Å². The van der Waals surface area contributed by atoms with Crippen molar-refractivity contribution in [3.8, 4) is 0 Å². The van der Waals surface area contributed by atoms with E-state index in [4.69, 9.17) is 4.74 Å². The zero-order valence-electron chi connectivity index (χ0n) is 21.7. The minimum absolute atomic E-state index is 0.331. The maximum absolute atomic E-state index is 13.6. The van der Waals surface area contributed by atoms with Crippen LogP contribution in [0.4, 0.5) is 10.5 Å². The van der Waals surface area contributed by atoms with E-state index < -0.39 is 29.7 Å². The number of carbonyl (C=O) groups excluding carboxylic acids is 3. The summed E-state index contributed by atoms with van der Waals surface area (Å²) >= 11 is 0. The Kier molecular flexibility index (Phi) is 8.48. The number of amides is 3. The van der Waals surface area contributed by atoms with Crippen LogP contribution in [0.25, 0.3) is 0 Å². The molecule has 2 N–H and O–H groups in total. The van der Waals surface area contributed by atoms with Crippen molar-refractivity contribution in [1.29, 1.82) is 0 Å². The molecule has 2 rings (SSSR count). The number of para-hydroxylation sites is 1. The van der Waals surface area contributed by atoms with E-state index >= 15 is 0 Å². The van der Waals surface area contributed by atoms with Gasteiger partial charge in [-0.1, -0.05) is 47.5 Å². The first-order valence-corrected chi connectivity index (χ1v) is 11.4. The maximum Gasteiger partial charge on any atom is 0.408 e. The van der Waals surface area contributed by atoms with Crippen molar-refractivity contribution in [2.24, 2.45) is 0 Å². The highest BCUT2D eigenvalue weighted by Crippen LogP contribution is 2.27. The first-order valence-electron chi connectivity index (χ1n) is 11.4. The van der Waals surface area contributed by atoms with Crippen molar-refractivity contribution in [2.45, 2.75) is 73.1 Å². The fourth-order valence-electron chi connectivity index (χ4n) is 3.90. The Bertz CT molecular complexity index is 1030. The molecule has 0 bridgehead atoms. The number of benzene rings is 2. The fraction of sp³-hybridized carbons (Fsp3) is 0.444. The zero-order chi connectivity index (χ0) is 25.8. The van der Waals surface area contributed by atoms with E-state index in [9.17, 15) is 14.4 Å². The van der Waals surface area contributed by atoms with Crippen LogP contribution in [0.1, 0.15) is 61.6 Å². The molecule has 0 heterocycles. The molecule has 7 heteroatoms. The second-order valence-corrected chi connectivity index (χ2v) is 9.90. The Hall–Kier alpha value is -3.35. The van der Waals surface area contributed by atoms with Crippen LogP contribution in [0.15, 0.2) is 36.4 Å². The van der Waals surface area contributed by atoms with E-state index in [1.165, 1.54) is 4.90 Å². The number of nitrogens with zero attached hydrogens (tertiary/aromatic N) is 1. The smallest absolute Gasteiger partial charge is 0.408 e. The van der Waals surface area contributed by atoms with E-state index in [-0.39, 0.29) is 5.91 Å². The predicted octanol–water partition coefficient (Wildman–Crippen LogP) is 4.97. The van der Waals surface area contributed by atoms with Gasteiger partial charge in [0, 0.05) is 12.7 Å². The number of rotatable bonds is 6. The number of alkyl carbamates (subject to hydrolysis) is 1. The van der Waals surface area contributed by atoms with Crippen LogP contribution in [0.3, 0.4) is 0 Å². The second-order valence-electron chi connectivity index (χ2n) is 9.90. The molecule has 0 aliphatic carbocycles. The number of anilines is 1. The summed E-state index contributed by atoms with van der Waals surface area (Å²) < 4.78 is 5.27. The third-order valence-corrected chi connectivity index (χ3v) is 5.38. The van der Waals surface area contributed by atoms with E-state index in [1.807, 2.05) is 64.1 Å². The molecule has 184 valence electrons. The molecule has 2 aromatic rings. The quantitative estimate of drug-likeness (QED) is 0.628. The fourth-order valence-corrected chi connectivity index (χ4v) is 3.90. The summed E-state index contributed by atoms with van der Waals surface area (Å²) in [6, 6.07) is 9.82. The Balaban J connectivity index is 2.38. The van der Waals surface area contributed by atoms with Gasteiger partial charge < -0.3 is 20.3 Å². The number of carbonyl (C=O) groups is 3. The lowest BCUT2D eigenvalue weighted by Crippen LogP contribution is -2.49. The highest BCUT2D eigenvalue weighted by Gasteiger charge is 2.33. The van der Waals surface area contributed by atoms with Crippen molar-refractivity contribution in [3.63, 3.8) is 0 Å². The van der Waals surface area contributed by atoms with Crippen LogP contribution in [0.5, 0.6) is 0 Å².